The summed E-state index contributed by atoms with van der Waals surface area (Å²) in [4.78, 5) is 4.47. The molecule has 4 N–H and O–H groups in total. The van der Waals surface area contributed by atoms with Crippen molar-refractivity contribution in [3.05, 3.63) is 59.0 Å². The number of nitrogens with zero attached hydrogens (tertiary/aromatic N) is 4. The fourth-order valence-electron chi connectivity index (χ4n) is 3.00. The Kier molecular flexibility index (Phi) is 7.21. The number of primary sulfonamides is 1. The maximum atomic E-state index is 13.8. The van der Waals surface area contributed by atoms with Gasteiger partial charge in [-0.05, 0) is 42.5 Å². The van der Waals surface area contributed by atoms with Gasteiger partial charge in [-0.15, -0.1) is 0 Å². The summed E-state index contributed by atoms with van der Waals surface area (Å²) in [6.07, 6.45) is 0. The molecule has 0 saturated heterocycles. The number of thioether (sulfide) groups is 1. The Labute approximate surface area is 213 Å². The van der Waals surface area contributed by atoms with E-state index in [1.807, 2.05) is 0 Å². The van der Waals surface area contributed by atoms with E-state index in [4.69, 9.17) is 33.4 Å². The molecule has 182 valence electrons. The Balaban J connectivity index is 1.80. The first kappa shape index (κ1) is 25.2. The van der Waals surface area contributed by atoms with Crippen LogP contribution in [0.1, 0.15) is 5.69 Å². The molecule has 15 heteroatoms. The molecule has 0 saturated carbocycles. The quantitative estimate of drug-likeness (QED) is 0.235. The van der Waals surface area contributed by atoms with Gasteiger partial charge in [0.2, 0.25) is 15.9 Å². The second kappa shape index (κ2) is 10.0. The summed E-state index contributed by atoms with van der Waals surface area (Å²) >= 11 is 12.2. The molecule has 2 heterocycles. The van der Waals surface area contributed by atoms with Crippen LogP contribution in [0.3, 0.4) is 0 Å². The van der Waals surface area contributed by atoms with Crippen molar-refractivity contribution in [2.24, 2.45) is 5.14 Å². The zero-order valence-corrected chi connectivity index (χ0v) is 21.0. The monoisotopic (exact) mass is 554 g/mol. The number of rotatable bonds is 6. The van der Waals surface area contributed by atoms with Crippen LogP contribution in [0.5, 0.6) is 0 Å². The Morgan fingerprint density at radius 3 is 2.54 bits per heavy atom. The van der Waals surface area contributed by atoms with Crippen LogP contribution < -0.4 is 5.14 Å². The number of aromatic amines is 1. The molecule has 0 fully saturated rings. The van der Waals surface area contributed by atoms with E-state index in [0.29, 0.717) is 28.2 Å². The molecule has 4 aromatic rings. The van der Waals surface area contributed by atoms with Crippen LogP contribution in [0.4, 0.5) is 4.39 Å². The summed E-state index contributed by atoms with van der Waals surface area (Å²) < 4.78 is 43.3. The van der Waals surface area contributed by atoms with E-state index >= 15 is 0 Å². The fraction of sp³-hybridized carbons (Fsp3) is 0.100. The largest absolute Gasteiger partial charge is 0.434 e. The van der Waals surface area contributed by atoms with Crippen LogP contribution in [-0.2, 0) is 15.8 Å². The van der Waals surface area contributed by atoms with Crippen molar-refractivity contribution in [2.45, 2.75) is 10.6 Å². The van der Waals surface area contributed by atoms with Gasteiger partial charge in [0.1, 0.15) is 17.2 Å². The smallest absolute Gasteiger partial charge is 0.250 e. The second-order valence-electron chi connectivity index (χ2n) is 7.09. The highest BCUT2D eigenvalue weighted by atomic mass is 35.5. The van der Waals surface area contributed by atoms with Crippen LogP contribution in [0, 0.1) is 5.82 Å². The summed E-state index contributed by atoms with van der Waals surface area (Å²) in [7, 11) is -2.49. The lowest BCUT2D eigenvalue weighted by atomic mass is 10.1. The van der Waals surface area contributed by atoms with Gasteiger partial charge in [0, 0.05) is 23.9 Å². The number of aromatic nitrogens is 4. The third kappa shape index (κ3) is 5.52. The molecular formula is C20H16ClFN6O4S3. The van der Waals surface area contributed by atoms with Crippen molar-refractivity contribution >= 4 is 49.9 Å². The van der Waals surface area contributed by atoms with Gasteiger partial charge in [-0.25, -0.2) is 28.0 Å². The Morgan fingerprint density at radius 2 is 1.91 bits per heavy atom. The lowest BCUT2D eigenvalue weighted by Crippen LogP contribution is -2.17. The first-order valence-electron chi connectivity index (χ1n) is 9.63. The molecule has 0 amide bonds. The average molecular weight is 555 g/mol. The van der Waals surface area contributed by atoms with Gasteiger partial charge < -0.3 is 4.42 Å². The van der Waals surface area contributed by atoms with E-state index in [9.17, 15) is 18.0 Å². The molecule has 0 bridgehead atoms. The zero-order valence-electron chi connectivity index (χ0n) is 17.8. The number of benzene rings is 2. The van der Waals surface area contributed by atoms with Crippen molar-refractivity contribution in [1.82, 2.24) is 25.5 Å². The summed E-state index contributed by atoms with van der Waals surface area (Å²) in [5.41, 5.74) is 2.01. The summed E-state index contributed by atoms with van der Waals surface area (Å²) in [5.74, 6) is 0.0156. The van der Waals surface area contributed by atoms with E-state index in [1.165, 1.54) is 49.5 Å². The third-order valence-electron chi connectivity index (χ3n) is 4.68. The van der Waals surface area contributed by atoms with Gasteiger partial charge in [-0.1, -0.05) is 35.6 Å². The molecule has 2 aromatic heterocycles. The summed E-state index contributed by atoms with van der Waals surface area (Å²) in [6.45, 7) is 0. The second-order valence-corrected chi connectivity index (χ2v) is 10.7. The van der Waals surface area contributed by atoms with E-state index in [1.54, 1.807) is 0 Å². The number of nitrogens with two attached hydrogens (primary N) is 1. The van der Waals surface area contributed by atoms with Crippen molar-refractivity contribution < 1.29 is 22.4 Å². The fourth-order valence-corrected chi connectivity index (χ4v) is 4.52. The topological polar surface area (TPSA) is 151 Å². The molecule has 0 aliphatic heterocycles. The average Bonchev–Trinajstić information content (AvgIpc) is 3.45. The highest BCUT2D eigenvalue weighted by Gasteiger charge is 2.23. The predicted octanol–water partition coefficient (Wildman–Crippen LogP) is 4.07. The number of sulfonamides is 1. The zero-order chi connectivity index (χ0) is 25.3. The first-order valence-corrected chi connectivity index (χ1v) is 12.9. The van der Waals surface area contributed by atoms with Gasteiger partial charge in [-0.3, -0.25) is 5.21 Å². The molecule has 2 aromatic carbocycles. The predicted molar refractivity (Wildman–Crippen MR) is 133 cm³/mol. The molecule has 10 nitrogen and oxygen atoms in total. The molecule has 4 rings (SSSR count). The van der Waals surface area contributed by atoms with Crippen LogP contribution >= 0.6 is 35.6 Å². The van der Waals surface area contributed by atoms with Crippen molar-refractivity contribution in [2.75, 3.05) is 7.05 Å². The SMILES string of the molecule is CN(O)C(=S)SCc1n[nH]nc1-c1nc(-c2ccc(F)c(Cl)c2)c(-c2ccc(S(N)(=O)=O)cc2)o1. The Morgan fingerprint density at radius 1 is 1.23 bits per heavy atom. The lowest BCUT2D eigenvalue weighted by Gasteiger charge is -2.09. The summed E-state index contributed by atoms with van der Waals surface area (Å²) in [5, 5.41) is 26.1. The molecule has 0 atom stereocenters. The maximum absolute atomic E-state index is 13.8. The number of H-pyrrole nitrogens is 1. The molecule has 35 heavy (non-hydrogen) atoms. The normalized spacial score (nSPS) is 11.6. The van der Waals surface area contributed by atoms with Gasteiger partial charge in [0.05, 0.1) is 9.92 Å². The molecule has 0 unspecified atom stereocenters. The van der Waals surface area contributed by atoms with E-state index < -0.39 is 15.8 Å². The number of hydroxylamine groups is 2. The van der Waals surface area contributed by atoms with E-state index in [-0.39, 0.29) is 31.6 Å². The number of oxazole rings is 1. The maximum Gasteiger partial charge on any atom is 0.250 e. The van der Waals surface area contributed by atoms with Crippen molar-refractivity contribution in [3.63, 3.8) is 0 Å². The molecule has 0 spiro atoms. The standard InChI is InChI=1S/C20H16ClFN6O4S3/c1-28(29)20(33)34-9-15-17(26-27-25-15)19-24-16(11-4-7-14(22)13(21)8-11)18(32-19)10-2-5-12(6-3-10)35(23,30)31/h2-8,29H,9H2,1H3,(H2,23,30,31)(H,25,26,27). The Hall–Kier alpha value is -2.88. The number of halogens is 2. The van der Waals surface area contributed by atoms with Gasteiger partial charge in [0.15, 0.2) is 15.8 Å². The number of thiocarbonyl (C=S) groups is 1. The minimum atomic E-state index is -3.89. The van der Waals surface area contributed by atoms with E-state index in [2.05, 4.69) is 20.4 Å². The lowest BCUT2D eigenvalue weighted by molar-refractivity contribution is 0.0205. The van der Waals surface area contributed by atoms with Crippen molar-refractivity contribution in [1.29, 1.82) is 0 Å². The van der Waals surface area contributed by atoms with Gasteiger partial charge >= 0.3 is 0 Å². The molecule has 0 aliphatic rings. The van der Waals surface area contributed by atoms with Crippen LogP contribution in [0.2, 0.25) is 5.02 Å². The molecular weight excluding hydrogens is 539 g/mol. The van der Waals surface area contributed by atoms with Crippen LogP contribution in [0.15, 0.2) is 51.8 Å². The number of hydrogen-bond acceptors (Lipinski definition) is 9. The summed E-state index contributed by atoms with van der Waals surface area (Å²) in [6, 6.07) is 9.76. The van der Waals surface area contributed by atoms with Crippen molar-refractivity contribution in [3.8, 4) is 34.2 Å². The van der Waals surface area contributed by atoms with Crippen LogP contribution in [-0.4, -0.2) is 50.5 Å². The Bertz CT molecular complexity index is 1510. The highest BCUT2D eigenvalue weighted by Crippen LogP contribution is 2.38. The molecule has 0 radical (unpaired) electrons. The first-order chi connectivity index (χ1) is 16.5. The minimum Gasteiger partial charge on any atom is -0.434 e. The third-order valence-corrected chi connectivity index (χ3v) is 7.45. The molecule has 0 aliphatic carbocycles. The van der Waals surface area contributed by atoms with Gasteiger partial charge in [0.25, 0.3) is 0 Å². The minimum absolute atomic E-state index is 0.0759. The number of hydrogen-bond donors (Lipinski definition) is 3. The van der Waals surface area contributed by atoms with Gasteiger partial charge in [-0.2, -0.15) is 15.4 Å². The van der Waals surface area contributed by atoms with E-state index in [0.717, 1.165) is 16.8 Å². The number of nitrogens with one attached hydrogen (secondary N) is 1. The van der Waals surface area contributed by atoms with Crippen LogP contribution in [0.25, 0.3) is 34.2 Å². The highest BCUT2D eigenvalue weighted by molar-refractivity contribution is 8.22.